The van der Waals surface area contributed by atoms with Gasteiger partial charge in [0.25, 0.3) is 0 Å². The van der Waals surface area contributed by atoms with E-state index in [0.29, 0.717) is 12.2 Å². The van der Waals surface area contributed by atoms with Crippen LogP contribution in [-0.2, 0) is 27.8 Å². The summed E-state index contributed by atoms with van der Waals surface area (Å²) in [6, 6.07) is 11.9. The first-order chi connectivity index (χ1) is 11.0. The van der Waals surface area contributed by atoms with Gasteiger partial charge in [0.15, 0.2) is 0 Å². The number of hydrogen-bond donors (Lipinski definition) is 2. The van der Waals surface area contributed by atoms with Gasteiger partial charge in [0, 0.05) is 0 Å². The first kappa shape index (κ1) is 17.2. The second-order valence-corrected chi connectivity index (χ2v) is 7.06. The van der Waals surface area contributed by atoms with Gasteiger partial charge in [-0.25, -0.2) is 13.1 Å². The monoisotopic (exact) mass is 336 g/mol. The first-order valence-corrected chi connectivity index (χ1v) is 8.95. The van der Waals surface area contributed by atoms with E-state index >= 15 is 0 Å². The molecule has 0 aliphatic carbocycles. The standard InChI is InChI=1S/C16H20N2O4S/c1-13(16(19)17-12-15-8-5-10-22-15)18-23(20,21)11-9-14-6-3-2-4-7-14/h2-8,10,13,18H,9,11-12H2,1H3,(H,17,19)/t13-/m0/s1. The molecule has 1 aromatic carbocycles. The van der Waals surface area contributed by atoms with Crippen molar-refractivity contribution in [3.05, 3.63) is 60.1 Å². The number of rotatable bonds is 8. The molecule has 0 spiro atoms. The molecule has 6 nitrogen and oxygen atoms in total. The van der Waals surface area contributed by atoms with Crippen LogP contribution in [0.25, 0.3) is 0 Å². The van der Waals surface area contributed by atoms with E-state index in [1.165, 1.54) is 13.2 Å². The van der Waals surface area contributed by atoms with E-state index in [-0.39, 0.29) is 12.3 Å². The van der Waals surface area contributed by atoms with Crippen molar-refractivity contribution in [3.63, 3.8) is 0 Å². The summed E-state index contributed by atoms with van der Waals surface area (Å²) >= 11 is 0. The maximum absolute atomic E-state index is 12.0. The summed E-state index contributed by atoms with van der Waals surface area (Å²) in [5, 5.41) is 2.62. The SMILES string of the molecule is C[C@H](NS(=O)(=O)CCc1ccccc1)C(=O)NCc1ccco1. The molecule has 0 aliphatic rings. The maximum Gasteiger partial charge on any atom is 0.238 e. The maximum atomic E-state index is 12.0. The molecule has 0 bridgehead atoms. The number of amides is 1. The summed E-state index contributed by atoms with van der Waals surface area (Å²) in [6.45, 7) is 1.74. The van der Waals surface area contributed by atoms with Crippen molar-refractivity contribution in [3.8, 4) is 0 Å². The largest absolute Gasteiger partial charge is 0.467 e. The quantitative estimate of drug-likeness (QED) is 0.763. The van der Waals surface area contributed by atoms with Gasteiger partial charge in [-0.2, -0.15) is 0 Å². The Hall–Kier alpha value is -2.12. The van der Waals surface area contributed by atoms with E-state index in [0.717, 1.165) is 5.56 Å². The lowest BCUT2D eigenvalue weighted by molar-refractivity contribution is -0.122. The van der Waals surface area contributed by atoms with Crippen molar-refractivity contribution in [2.75, 3.05) is 5.75 Å². The molecule has 1 heterocycles. The molecular weight excluding hydrogens is 316 g/mol. The summed E-state index contributed by atoms with van der Waals surface area (Å²) in [5.41, 5.74) is 0.938. The number of carbonyl (C=O) groups excluding carboxylic acids is 1. The molecule has 2 aromatic rings. The van der Waals surface area contributed by atoms with Crippen LogP contribution < -0.4 is 10.0 Å². The molecule has 0 aliphatic heterocycles. The second-order valence-electron chi connectivity index (χ2n) is 5.19. The fraction of sp³-hybridized carbons (Fsp3) is 0.312. The lowest BCUT2D eigenvalue weighted by Gasteiger charge is -2.14. The van der Waals surface area contributed by atoms with E-state index in [1.807, 2.05) is 30.3 Å². The van der Waals surface area contributed by atoms with Crippen molar-refractivity contribution in [2.45, 2.75) is 25.9 Å². The molecular formula is C16H20N2O4S. The van der Waals surface area contributed by atoms with Crippen molar-refractivity contribution < 1.29 is 17.6 Å². The summed E-state index contributed by atoms with van der Waals surface area (Å²) in [4.78, 5) is 11.9. The number of carbonyl (C=O) groups is 1. The smallest absolute Gasteiger partial charge is 0.238 e. The highest BCUT2D eigenvalue weighted by atomic mass is 32.2. The van der Waals surface area contributed by atoms with Crippen LogP contribution >= 0.6 is 0 Å². The molecule has 2 rings (SSSR count). The van der Waals surface area contributed by atoms with Crippen LogP contribution in [0.15, 0.2) is 53.1 Å². The Morgan fingerprint density at radius 2 is 1.91 bits per heavy atom. The van der Waals surface area contributed by atoms with Crippen LogP contribution in [0.3, 0.4) is 0 Å². The van der Waals surface area contributed by atoms with E-state index in [1.54, 1.807) is 12.1 Å². The fourth-order valence-corrected chi connectivity index (χ4v) is 3.29. The summed E-state index contributed by atoms with van der Waals surface area (Å²) in [6.07, 6.45) is 1.91. The zero-order valence-corrected chi connectivity index (χ0v) is 13.7. The van der Waals surface area contributed by atoms with Crippen LogP contribution in [0.1, 0.15) is 18.2 Å². The zero-order chi connectivity index (χ0) is 16.7. The predicted molar refractivity (Wildman–Crippen MR) is 87.1 cm³/mol. The average Bonchev–Trinajstić information content (AvgIpc) is 3.05. The Bertz CT molecular complexity index is 712. The number of aryl methyl sites for hydroxylation is 1. The second kappa shape index (κ2) is 7.94. The molecule has 0 saturated heterocycles. The van der Waals surface area contributed by atoms with Gasteiger partial charge < -0.3 is 9.73 Å². The van der Waals surface area contributed by atoms with Gasteiger partial charge in [0.1, 0.15) is 5.76 Å². The van der Waals surface area contributed by atoms with E-state index in [4.69, 9.17) is 4.42 Å². The van der Waals surface area contributed by atoms with Gasteiger partial charge in [-0.05, 0) is 31.0 Å². The van der Waals surface area contributed by atoms with Gasteiger partial charge in [-0.1, -0.05) is 30.3 Å². The average molecular weight is 336 g/mol. The van der Waals surface area contributed by atoms with Crippen molar-refractivity contribution in [1.29, 1.82) is 0 Å². The van der Waals surface area contributed by atoms with Gasteiger partial charge >= 0.3 is 0 Å². The number of hydrogen-bond acceptors (Lipinski definition) is 4. The number of nitrogens with one attached hydrogen (secondary N) is 2. The van der Waals surface area contributed by atoms with E-state index < -0.39 is 22.0 Å². The van der Waals surface area contributed by atoms with Gasteiger partial charge in [-0.3, -0.25) is 4.79 Å². The highest BCUT2D eigenvalue weighted by molar-refractivity contribution is 7.89. The Morgan fingerprint density at radius 1 is 1.17 bits per heavy atom. The van der Waals surface area contributed by atoms with Crippen molar-refractivity contribution in [1.82, 2.24) is 10.0 Å². The molecule has 7 heteroatoms. The van der Waals surface area contributed by atoms with Gasteiger partial charge in [0.05, 0.1) is 24.6 Å². The van der Waals surface area contributed by atoms with Crippen LogP contribution in [0.2, 0.25) is 0 Å². The van der Waals surface area contributed by atoms with Crippen LogP contribution in [0.4, 0.5) is 0 Å². The fourth-order valence-electron chi connectivity index (χ4n) is 2.02. The predicted octanol–water partition coefficient (Wildman–Crippen LogP) is 1.45. The Labute approximate surface area is 135 Å². The van der Waals surface area contributed by atoms with Crippen LogP contribution in [0.5, 0.6) is 0 Å². The molecule has 0 radical (unpaired) electrons. The lowest BCUT2D eigenvalue weighted by atomic mass is 10.2. The minimum Gasteiger partial charge on any atom is -0.467 e. The van der Waals surface area contributed by atoms with Crippen LogP contribution in [-0.4, -0.2) is 26.1 Å². The lowest BCUT2D eigenvalue weighted by Crippen LogP contribution is -2.45. The molecule has 23 heavy (non-hydrogen) atoms. The summed E-state index contributed by atoms with van der Waals surface area (Å²) < 4.78 is 31.6. The molecule has 124 valence electrons. The zero-order valence-electron chi connectivity index (χ0n) is 12.9. The highest BCUT2D eigenvalue weighted by Crippen LogP contribution is 2.03. The minimum absolute atomic E-state index is 0.0627. The van der Waals surface area contributed by atoms with E-state index in [2.05, 4.69) is 10.0 Å². The van der Waals surface area contributed by atoms with Gasteiger partial charge in [-0.15, -0.1) is 0 Å². The normalized spacial score (nSPS) is 12.7. The number of sulfonamides is 1. The summed E-state index contributed by atoms with van der Waals surface area (Å²) in [7, 11) is -3.53. The van der Waals surface area contributed by atoms with Crippen LogP contribution in [0, 0.1) is 0 Å². The van der Waals surface area contributed by atoms with Gasteiger partial charge in [0.2, 0.25) is 15.9 Å². The molecule has 1 atom stereocenters. The molecule has 2 N–H and O–H groups in total. The Morgan fingerprint density at radius 3 is 2.57 bits per heavy atom. The molecule has 1 aromatic heterocycles. The molecule has 0 fully saturated rings. The molecule has 0 unspecified atom stereocenters. The first-order valence-electron chi connectivity index (χ1n) is 7.30. The third kappa shape index (κ3) is 5.88. The Balaban J connectivity index is 1.80. The third-order valence-electron chi connectivity index (χ3n) is 3.27. The van der Waals surface area contributed by atoms with Crippen molar-refractivity contribution >= 4 is 15.9 Å². The van der Waals surface area contributed by atoms with Crippen molar-refractivity contribution in [2.24, 2.45) is 0 Å². The number of benzene rings is 1. The summed E-state index contributed by atoms with van der Waals surface area (Å²) in [5.74, 6) is 0.148. The molecule has 1 amide bonds. The topological polar surface area (TPSA) is 88.4 Å². The Kier molecular flexibility index (Phi) is 5.95. The number of furan rings is 1. The van der Waals surface area contributed by atoms with E-state index in [9.17, 15) is 13.2 Å². The highest BCUT2D eigenvalue weighted by Gasteiger charge is 2.20. The third-order valence-corrected chi connectivity index (χ3v) is 4.72. The minimum atomic E-state index is -3.53. The molecule has 0 saturated carbocycles.